The quantitative estimate of drug-likeness (QED) is 0.801. The number of amides is 1. The fraction of sp³-hybridized carbons (Fsp3) is 0.632. The molecule has 3 rings (SSSR count). The summed E-state index contributed by atoms with van der Waals surface area (Å²) >= 11 is 0. The number of nitrogens with one attached hydrogen (secondary N) is 3. The van der Waals surface area contributed by atoms with Crippen molar-refractivity contribution < 1.29 is 4.79 Å². The van der Waals surface area contributed by atoms with Gasteiger partial charge in [0.25, 0.3) is 0 Å². The Morgan fingerprint density at radius 2 is 1.78 bits per heavy atom. The number of hydrazine groups is 1. The molecule has 1 heterocycles. The molecular weight excluding hydrogens is 286 g/mol. The van der Waals surface area contributed by atoms with Crippen LogP contribution in [0.15, 0.2) is 24.3 Å². The molecule has 0 aromatic heterocycles. The summed E-state index contributed by atoms with van der Waals surface area (Å²) in [6, 6.07) is 9.48. The molecule has 1 aromatic rings. The van der Waals surface area contributed by atoms with E-state index in [1.165, 1.54) is 11.1 Å². The Balaban J connectivity index is 1.60. The third kappa shape index (κ3) is 3.29. The van der Waals surface area contributed by atoms with E-state index in [9.17, 15) is 4.79 Å². The van der Waals surface area contributed by atoms with E-state index in [0.717, 1.165) is 6.42 Å². The molecule has 3 N–H and O–H groups in total. The summed E-state index contributed by atoms with van der Waals surface area (Å²) in [6.45, 7) is 8.80. The van der Waals surface area contributed by atoms with E-state index in [2.05, 4.69) is 68.1 Å². The molecule has 0 bridgehead atoms. The Kier molecular flexibility index (Phi) is 4.74. The summed E-state index contributed by atoms with van der Waals surface area (Å²) < 4.78 is 0. The van der Waals surface area contributed by atoms with E-state index in [1.54, 1.807) is 0 Å². The van der Waals surface area contributed by atoms with Crippen molar-refractivity contribution in [2.45, 2.75) is 64.6 Å². The summed E-state index contributed by atoms with van der Waals surface area (Å²) in [5.41, 5.74) is 9.25. The molecule has 5 atom stereocenters. The van der Waals surface area contributed by atoms with E-state index in [-0.39, 0.29) is 11.9 Å². The van der Waals surface area contributed by atoms with Crippen molar-refractivity contribution >= 4 is 5.91 Å². The van der Waals surface area contributed by atoms with Gasteiger partial charge in [0, 0.05) is 18.5 Å². The highest BCUT2D eigenvalue weighted by Gasteiger charge is 2.35. The normalized spacial score (nSPS) is 34.2. The predicted molar refractivity (Wildman–Crippen MR) is 92.8 cm³/mol. The smallest absolute Gasteiger partial charge is 0.220 e. The number of carbonyl (C=O) groups is 1. The fourth-order valence-corrected chi connectivity index (χ4v) is 4.58. The number of hydrogen-bond donors (Lipinski definition) is 3. The Morgan fingerprint density at radius 3 is 2.43 bits per heavy atom. The first-order chi connectivity index (χ1) is 11.0. The highest BCUT2D eigenvalue weighted by atomic mass is 16.1. The maximum absolute atomic E-state index is 12.5. The first-order valence-electron chi connectivity index (χ1n) is 8.86. The SMILES string of the molecule is CC1CC(NC(=O)CC(C)C2C(C)NNC2C)c2ccccc21. The van der Waals surface area contributed by atoms with Gasteiger partial charge in [-0.15, -0.1) is 0 Å². The van der Waals surface area contributed by atoms with Crippen LogP contribution in [0.3, 0.4) is 0 Å². The summed E-state index contributed by atoms with van der Waals surface area (Å²) in [7, 11) is 0. The summed E-state index contributed by atoms with van der Waals surface area (Å²) in [5.74, 6) is 1.54. The standard InChI is InChI=1S/C19H29N3O/c1-11-9-17(16-8-6-5-7-15(11)16)20-18(23)10-12(2)19-13(3)21-22-14(19)4/h5-8,11-14,17,19,21-22H,9-10H2,1-4H3,(H,20,23). The van der Waals surface area contributed by atoms with Gasteiger partial charge >= 0.3 is 0 Å². The molecule has 1 amide bonds. The van der Waals surface area contributed by atoms with Crippen LogP contribution in [0.5, 0.6) is 0 Å². The first kappa shape index (κ1) is 16.5. The number of carbonyl (C=O) groups excluding carboxylic acids is 1. The van der Waals surface area contributed by atoms with Crippen molar-refractivity contribution in [1.29, 1.82) is 0 Å². The number of rotatable bonds is 4. The maximum atomic E-state index is 12.5. The summed E-state index contributed by atoms with van der Waals surface area (Å²) in [5, 5.41) is 3.27. The minimum atomic E-state index is 0.176. The lowest BCUT2D eigenvalue weighted by Gasteiger charge is -2.25. The second-order valence-electron chi connectivity index (χ2n) is 7.51. The highest BCUT2D eigenvalue weighted by molar-refractivity contribution is 5.77. The first-order valence-corrected chi connectivity index (χ1v) is 8.86. The average molecular weight is 315 g/mol. The molecule has 5 unspecified atom stereocenters. The van der Waals surface area contributed by atoms with E-state index < -0.39 is 0 Å². The van der Waals surface area contributed by atoms with Crippen LogP contribution in [0.2, 0.25) is 0 Å². The molecule has 1 aliphatic heterocycles. The minimum absolute atomic E-state index is 0.176. The maximum Gasteiger partial charge on any atom is 0.220 e. The van der Waals surface area contributed by atoms with Gasteiger partial charge in [0.05, 0.1) is 6.04 Å². The fourth-order valence-electron chi connectivity index (χ4n) is 4.58. The van der Waals surface area contributed by atoms with E-state index >= 15 is 0 Å². The van der Waals surface area contributed by atoms with Gasteiger partial charge in [0.2, 0.25) is 5.91 Å². The topological polar surface area (TPSA) is 53.2 Å². The van der Waals surface area contributed by atoms with Crippen molar-refractivity contribution in [3.8, 4) is 0 Å². The largest absolute Gasteiger partial charge is 0.349 e. The lowest BCUT2D eigenvalue weighted by molar-refractivity contribution is -0.123. The van der Waals surface area contributed by atoms with Gasteiger partial charge in [0.15, 0.2) is 0 Å². The molecule has 4 nitrogen and oxygen atoms in total. The highest BCUT2D eigenvalue weighted by Crippen LogP contribution is 2.39. The van der Waals surface area contributed by atoms with Crippen molar-refractivity contribution in [2.75, 3.05) is 0 Å². The molecule has 0 saturated carbocycles. The van der Waals surface area contributed by atoms with Crippen LogP contribution in [0.25, 0.3) is 0 Å². The Morgan fingerprint density at radius 1 is 1.17 bits per heavy atom. The monoisotopic (exact) mass is 315 g/mol. The summed E-state index contributed by atoms with van der Waals surface area (Å²) in [4.78, 5) is 12.5. The van der Waals surface area contributed by atoms with Gasteiger partial charge < -0.3 is 5.32 Å². The van der Waals surface area contributed by atoms with Gasteiger partial charge in [-0.05, 0) is 49.1 Å². The molecule has 1 saturated heterocycles. The van der Waals surface area contributed by atoms with Gasteiger partial charge in [-0.1, -0.05) is 38.1 Å². The lowest BCUT2D eigenvalue weighted by Crippen LogP contribution is -2.34. The third-order valence-electron chi connectivity index (χ3n) is 5.68. The van der Waals surface area contributed by atoms with E-state index in [0.29, 0.717) is 36.3 Å². The zero-order valence-corrected chi connectivity index (χ0v) is 14.6. The molecule has 2 aliphatic rings. The lowest BCUT2D eigenvalue weighted by atomic mass is 9.82. The van der Waals surface area contributed by atoms with Crippen LogP contribution in [0, 0.1) is 11.8 Å². The van der Waals surface area contributed by atoms with Crippen molar-refractivity contribution in [1.82, 2.24) is 16.2 Å². The van der Waals surface area contributed by atoms with Gasteiger partial charge in [-0.25, -0.2) is 0 Å². The van der Waals surface area contributed by atoms with E-state index in [4.69, 9.17) is 0 Å². The van der Waals surface area contributed by atoms with Gasteiger partial charge in [-0.3, -0.25) is 15.6 Å². The van der Waals surface area contributed by atoms with Crippen LogP contribution in [-0.4, -0.2) is 18.0 Å². The zero-order valence-electron chi connectivity index (χ0n) is 14.6. The van der Waals surface area contributed by atoms with Crippen LogP contribution in [-0.2, 0) is 4.79 Å². The number of fused-ring (bicyclic) bond motifs is 1. The predicted octanol–water partition coefficient (Wildman–Crippen LogP) is 2.88. The molecule has 23 heavy (non-hydrogen) atoms. The van der Waals surface area contributed by atoms with Crippen LogP contribution >= 0.6 is 0 Å². The Labute approximate surface area is 139 Å². The zero-order chi connectivity index (χ0) is 16.6. The Hall–Kier alpha value is -1.39. The van der Waals surface area contributed by atoms with Crippen molar-refractivity contribution in [3.05, 3.63) is 35.4 Å². The molecule has 1 aliphatic carbocycles. The number of benzene rings is 1. The molecule has 0 spiro atoms. The molecule has 4 heteroatoms. The molecule has 0 radical (unpaired) electrons. The van der Waals surface area contributed by atoms with Crippen LogP contribution in [0.1, 0.15) is 63.6 Å². The Bertz CT molecular complexity index is 563. The molecule has 126 valence electrons. The minimum Gasteiger partial charge on any atom is -0.349 e. The van der Waals surface area contributed by atoms with Crippen molar-refractivity contribution in [3.63, 3.8) is 0 Å². The van der Waals surface area contributed by atoms with Crippen molar-refractivity contribution in [2.24, 2.45) is 11.8 Å². The second-order valence-corrected chi connectivity index (χ2v) is 7.51. The van der Waals surface area contributed by atoms with E-state index in [1.807, 2.05) is 0 Å². The second kappa shape index (κ2) is 6.62. The molecule has 1 fully saturated rings. The summed E-state index contributed by atoms with van der Waals surface area (Å²) in [6.07, 6.45) is 1.61. The average Bonchev–Trinajstić information content (AvgIpc) is 3.00. The van der Waals surface area contributed by atoms with Crippen LogP contribution in [0.4, 0.5) is 0 Å². The molecule has 1 aromatic carbocycles. The van der Waals surface area contributed by atoms with Gasteiger partial charge in [-0.2, -0.15) is 0 Å². The van der Waals surface area contributed by atoms with Crippen LogP contribution < -0.4 is 16.2 Å². The van der Waals surface area contributed by atoms with Gasteiger partial charge in [0.1, 0.15) is 0 Å². The number of hydrogen-bond acceptors (Lipinski definition) is 3. The third-order valence-corrected chi connectivity index (χ3v) is 5.68. The molecular formula is C19H29N3O.